The van der Waals surface area contributed by atoms with Crippen molar-refractivity contribution < 1.29 is 4.92 Å². The lowest BCUT2D eigenvalue weighted by atomic mass is 10.00. The molecule has 2 rings (SSSR count). The third-order valence-corrected chi connectivity index (χ3v) is 3.08. The molecule has 0 bridgehead atoms. The number of nitro benzene ring substituents is 1. The molecule has 0 spiro atoms. The Hall–Kier alpha value is -1.58. The fraction of sp³-hybridized carbons (Fsp3) is 0.538. The Morgan fingerprint density at radius 2 is 2.24 bits per heavy atom. The van der Waals surface area contributed by atoms with Crippen molar-refractivity contribution in [2.75, 3.05) is 18.0 Å². The van der Waals surface area contributed by atoms with Gasteiger partial charge in [-0.3, -0.25) is 10.1 Å². The van der Waals surface area contributed by atoms with Gasteiger partial charge in [0, 0.05) is 30.9 Å². The van der Waals surface area contributed by atoms with Crippen LogP contribution in [0.3, 0.4) is 0 Å². The zero-order valence-electron chi connectivity index (χ0n) is 10.3. The molecule has 17 heavy (non-hydrogen) atoms. The lowest BCUT2D eigenvalue weighted by Crippen LogP contribution is -2.32. The monoisotopic (exact) mass is 234 g/mol. The summed E-state index contributed by atoms with van der Waals surface area (Å²) >= 11 is 0. The van der Waals surface area contributed by atoms with Crippen molar-refractivity contribution >= 4 is 11.4 Å². The maximum atomic E-state index is 10.8. The Labute approximate surface area is 101 Å². The van der Waals surface area contributed by atoms with Crippen molar-refractivity contribution in [1.29, 1.82) is 0 Å². The minimum absolute atomic E-state index is 0.194. The summed E-state index contributed by atoms with van der Waals surface area (Å²) in [5, 5.41) is 10.8. The first kappa shape index (κ1) is 11.9. The van der Waals surface area contributed by atoms with Crippen LogP contribution in [0.5, 0.6) is 0 Å². The lowest BCUT2D eigenvalue weighted by Gasteiger charge is -2.32. The highest BCUT2D eigenvalue weighted by molar-refractivity contribution is 5.60. The van der Waals surface area contributed by atoms with Crippen LogP contribution in [0.1, 0.15) is 25.8 Å². The maximum absolute atomic E-state index is 10.8. The highest BCUT2D eigenvalue weighted by Crippen LogP contribution is 2.31. The summed E-state index contributed by atoms with van der Waals surface area (Å²) < 4.78 is 0. The number of anilines is 1. The zero-order chi connectivity index (χ0) is 12.4. The van der Waals surface area contributed by atoms with Gasteiger partial charge in [-0.1, -0.05) is 19.9 Å². The lowest BCUT2D eigenvalue weighted by molar-refractivity contribution is -0.384. The van der Waals surface area contributed by atoms with Crippen molar-refractivity contribution in [1.82, 2.24) is 0 Å². The average molecular weight is 234 g/mol. The van der Waals surface area contributed by atoms with Gasteiger partial charge in [-0.05, 0) is 24.3 Å². The van der Waals surface area contributed by atoms with E-state index in [4.69, 9.17) is 0 Å². The standard InChI is InChI=1S/C13H18N2O2/c1-10(2)9-14-7-3-4-11-5-6-12(15(16)17)8-13(11)14/h5-6,8,10H,3-4,7,9H2,1-2H3. The smallest absolute Gasteiger partial charge is 0.271 e. The molecule has 0 saturated heterocycles. The highest BCUT2D eigenvalue weighted by Gasteiger charge is 2.20. The quantitative estimate of drug-likeness (QED) is 0.596. The van der Waals surface area contributed by atoms with Crippen LogP contribution >= 0.6 is 0 Å². The molecule has 0 aromatic heterocycles. The molecular formula is C13H18N2O2. The number of hydrogen-bond acceptors (Lipinski definition) is 3. The predicted octanol–water partition coefficient (Wildman–Crippen LogP) is 3.00. The maximum Gasteiger partial charge on any atom is 0.271 e. The normalized spacial score (nSPS) is 14.9. The number of fused-ring (bicyclic) bond motifs is 1. The summed E-state index contributed by atoms with van der Waals surface area (Å²) in [6, 6.07) is 5.23. The van der Waals surface area contributed by atoms with E-state index in [-0.39, 0.29) is 10.6 Å². The molecule has 4 nitrogen and oxygen atoms in total. The van der Waals surface area contributed by atoms with Gasteiger partial charge in [0.25, 0.3) is 5.69 Å². The van der Waals surface area contributed by atoms with Gasteiger partial charge in [-0.2, -0.15) is 0 Å². The molecule has 0 amide bonds. The van der Waals surface area contributed by atoms with Crippen molar-refractivity contribution in [3.63, 3.8) is 0 Å². The molecule has 1 heterocycles. The fourth-order valence-corrected chi connectivity index (χ4v) is 2.38. The first-order valence-corrected chi connectivity index (χ1v) is 6.10. The Morgan fingerprint density at radius 3 is 2.88 bits per heavy atom. The fourth-order valence-electron chi connectivity index (χ4n) is 2.38. The van der Waals surface area contributed by atoms with Crippen molar-refractivity contribution in [3.05, 3.63) is 33.9 Å². The van der Waals surface area contributed by atoms with Gasteiger partial charge in [0.2, 0.25) is 0 Å². The minimum Gasteiger partial charge on any atom is -0.371 e. The van der Waals surface area contributed by atoms with Crippen LogP contribution in [-0.4, -0.2) is 18.0 Å². The Kier molecular flexibility index (Phi) is 3.31. The van der Waals surface area contributed by atoms with Crippen LogP contribution in [0, 0.1) is 16.0 Å². The number of hydrogen-bond donors (Lipinski definition) is 0. The van der Waals surface area contributed by atoms with Gasteiger partial charge < -0.3 is 4.90 Å². The van der Waals surface area contributed by atoms with E-state index in [1.807, 2.05) is 6.07 Å². The van der Waals surface area contributed by atoms with Crippen LogP contribution < -0.4 is 4.90 Å². The second-order valence-corrected chi connectivity index (χ2v) is 5.01. The van der Waals surface area contributed by atoms with E-state index < -0.39 is 0 Å². The van der Waals surface area contributed by atoms with E-state index in [0.29, 0.717) is 5.92 Å². The van der Waals surface area contributed by atoms with Crippen LogP contribution in [-0.2, 0) is 6.42 Å². The zero-order valence-corrected chi connectivity index (χ0v) is 10.3. The number of nitrogens with zero attached hydrogens (tertiary/aromatic N) is 2. The third kappa shape index (κ3) is 2.57. The molecule has 92 valence electrons. The van der Waals surface area contributed by atoms with Crippen molar-refractivity contribution in [3.8, 4) is 0 Å². The van der Waals surface area contributed by atoms with Gasteiger partial charge in [0.05, 0.1) is 4.92 Å². The number of aryl methyl sites for hydroxylation is 1. The van der Waals surface area contributed by atoms with Gasteiger partial charge >= 0.3 is 0 Å². The third-order valence-electron chi connectivity index (χ3n) is 3.08. The van der Waals surface area contributed by atoms with E-state index >= 15 is 0 Å². The number of non-ortho nitro benzene ring substituents is 1. The first-order valence-electron chi connectivity index (χ1n) is 6.10. The molecule has 1 aromatic rings. The topological polar surface area (TPSA) is 46.4 Å². The first-order chi connectivity index (χ1) is 8.08. The molecule has 0 aliphatic carbocycles. The predicted molar refractivity (Wildman–Crippen MR) is 68.5 cm³/mol. The molecule has 4 heteroatoms. The Morgan fingerprint density at radius 1 is 1.47 bits per heavy atom. The number of benzene rings is 1. The van der Waals surface area contributed by atoms with E-state index in [0.717, 1.165) is 31.6 Å². The Bertz CT molecular complexity index is 429. The van der Waals surface area contributed by atoms with Crippen LogP contribution in [0.15, 0.2) is 18.2 Å². The molecule has 0 fully saturated rings. The van der Waals surface area contributed by atoms with Crippen LogP contribution in [0.4, 0.5) is 11.4 Å². The molecule has 0 radical (unpaired) electrons. The van der Waals surface area contributed by atoms with Gasteiger partial charge in [-0.15, -0.1) is 0 Å². The molecule has 1 aliphatic rings. The molecule has 0 unspecified atom stereocenters. The number of nitro groups is 1. The summed E-state index contributed by atoms with van der Waals surface area (Å²) in [5.41, 5.74) is 2.49. The summed E-state index contributed by atoms with van der Waals surface area (Å²) in [4.78, 5) is 12.8. The van der Waals surface area contributed by atoms with Gasteiger partial charge in [-0.25, -0.2) is 0 Å². The summed E-state index contributed by atoms with van der Waals surface area (Å²) in [7, 11) is 0. The molecule has 0 N–H and O–H groups in total. The second-order valence-electron chi connectivity index (χ2n) is 5.01. The largest absolute Gasteiger partial charge is 0.371 e. The van der Waals surface area contributed by atoms with E-state index in [1.165, 1.54) is 5.56 Å². The number of rotatable bonds is 3. The summed E-state index contributed by atoms with van der Waals surface area (Å²) in [6.45, 7) is 6.32. The molecular weight excluding hydrogens is 216 g/mol. The Balaban J connectivity index is 2.34. The van der Waals surface area contributed by atoms with E-state index in [2.05, 4.69) is 18.7 Å². The SMILES string of the molecule is CC(C)CN1CCCc2ccc([N+](=O)[O-])cc21. The summed E-state index contributed by atoms with van der Waals surface area (Å²) in [6.07, 6.45) is 2.17. The highest BCUT2D eigenvalue weighted by atomic mass is 16.6. The molecule has 1 aromatic carbocycles. The van der Waals surface area contributed by atoms with Gasteiger partial charge in [0.1, 0.15) is 0 Å². The molecule has 0 saturated carbocycles. The minimum atomic E-state index is -0.317. The molecule has 1 aliphatic heterocycles. The average Bonchev–Trinajstić information content (AvgIpc) is 2.28. The van der Waals surface area contributed by atoms with Crippen molar-refractivity contribution in [2.24, 2.45) is 5.92 Å². The van der Waals surface area contributed by atoms with Crippen molar-refractivity contribution in [2.45, 2.75) is 26.7 Å². The van der Waals surface area contributed by atoms with E-state index in [9.17, 15) is 10.1 Å². The second kappa shape index (κ2) is 4.73. The molecule has 0 atom stereocenters. The van der Waals surface area contributed by atoms with E-state index in [1.54, 1.807) is 12.1 Å². The summed E-state index contributed by atoms with van der Waals surface area (Å²) in [5.74, 6) is 0.570. The van der Waals surface area contributed by atoms with Crippen LogP contribution in [0.25, 0.3) is 0 Å². The van der Waals surface area contributed by atoms with Crippen LogP contribution in [0.2, 0.25) is 0 Å². The van der Waals surface area contributed by atoms with Gasteiger partial charge in [0.15, 0.2) is 0 Å².